The Bertz CT molecular complexity index is 657. The molecule has 3 nitrogen and oxygen atoms in total. The molecule has 6 heteroatoms. The molecule has 2 rings (SSSR count). The number of carbonyl (C=O) groups excluding carboxylic acids is 1. The molecule has 1 amide bonds. The number of rotatable bonds is 3. The Morgan fingerprint density at radius 3 is 2.45 bits per heavy atom. The van der Waals surface area contributed by atoms with E-state index in [-0.39, 0.29) is 5.91 Å². The highest BCUT2D eigenvalue weighted by Gasteiger charge is 2.06. The molecule has 0 radical (unpaired) electrons. The smallest absolute Gasteiger partial charge is 0.267 e. The number of carbonyl (C=O) groups is 1. The zero-order chi connectivity index (χ0) is 14.5. The van der Waals surface area contributed by atoms with Crippen LogP contribution >= 0.6 is 39.1 Å². The number of benzene rings is 2. The molecule has 0 bridgehead atoms. The number of amides is 1. The van der Waals surface area contributed by atoms with Gasteiger partial charge in [0, 0.05) is 10.0 Å². The van der Waals surface area contributed by atoms with Gasteiger partial charge in [0.2, 0.25) is 0 Å². The van der Waals surface area contributed by atoms with Crippen LogP contribution in [0.5, 0.6) is 0 Å². The van der Waals surface area contributed by atoms with E-state index in [9.17, 15) is 4.79 Å². The van der Waals surface area contributed by atoms with Gasteiger partial charge in [0.25, 0.3) is 5.91 Å². The maximum absolute atomic E-state index is 11.8. The number of hydrazone groups is 1. The van der Waals surface area contributed by atoms with Crippen molar-refractivity contribution < 1.29 is 4.79 Å². The quantitative estimate of drug-likeness (QED) is 0.625. The third kappa shape index (κ3) is 4.07. The van der Waals surface area contributed by atoms with Gasteiger partial charge < -0.3 is 0 Å². The lowest BCUT2D eigenvalue weighted by Gasteiger charge is -2.01. The van der Waals surface area contributed by atoms with Crippen LogP contribution in [0.1, 0.15) is 15.9 Å². The summed E-state index contributed by atoms with van der Waals surface area (Å²) in [6.07, 6.45) is 1.56. The van der Waals surface area contributed by atoms with Crippen LogP contribution in [0.2, 0.25) is 10.0 Å². The van der Waals surface area contributed by atoms with Crippen LogP contribution in [0.15, 0.2) is 52.0 Å². The van der Waals surface area contributed by atoms with Gasteiger partial charge in [0.05, 0.1) is 16.3 Å². The van der Waals surface area contributed by atoms with E-state index in [0.29, 0.717) is 15.6 Å². The second-order valence-electron chi connectivity index (χ2n) is 3.88. The van der Waals surface area contributed by atoms with Crippen LogP contribution in [-0.4, -0.2) is 12.1 Å². The van der Waals surface area contributed by atoms with Gasteiger partial charge in [-0.3, -0.25) is 4.79 Å². The summed E-state index contributed by atoms with van der Waals surface area (Å²) in [5.41, 5.74) is 3.70. The Kier molecular flexibility index (Phi) is 5.17. The molecule has 0 aromatic heterocycles. The first-order valence-electron chi connectivity index (χ1n) is 5.60. The lowest BCUT2D eigenvalue weighted by Crippen LogP contribution is -2.17. The molecule has 0 unspecified atom stereocenters. The van der Waals surface area contributed by atoms with E-state index in [0.717, 1.165) is 10.0 Å². The van der Waals surface area contributed by atoms with Crippen molar-refractivity contribution in [3.8, 4) is 0 Å². The molecule has 2 aromatic carbocycles. The van der Waals surface area contributed by atoms with Gasteiger partial charge in [-0.2, -0.15) is 5.10 Å². The highest BCUT2D eigenvalue weighted by molar-refractivity contribution is 9.10. The van der Waals surface area contributed by atoms with Gasteiger partial charge in [0.15, 0.2) is 0 Å². The predicted molar refractivity (Wildman–Crippen MR) is 85.7 cm³/mol. The summed E-state index contributed by atoms with van der Waals surface area (Å²) in [6, 6.07) is 12.2. The van der Waals surface area contributed by atoms with Crippen molar-refractivity contribution in [1.29, 1.82) is 0 Å². The molecule has 0 saturated heterocycles. The largest absolute Gasteiger partial charge is 0.271 e. The predicted octanol–water partition coefficient (Wildman–Crippen LogP) is 4.52. The zero-order valence-electron chi connectivity index (χ0n) is 10.1. The fourth-order valence-corrected chi connectivity index (χ4v) is 1.98. The highest BCUT2D eigenvalue weighted by Crippen LogP contribution is 2.22. The summed E-state index contributed by atoms with van der Waals surface area (Å²) in [5.74, 6) is -0.350. The van der Waals surface area contributed by atoms with Crippen molar-refractivity contribution in [2.75, 3.05) is 0 Å². The molecule has 2 aromatic rings. The lowest BCUT2D eigenvalue weighted by atomic mass is 10.2. The molecule has 0 saturated carbocycles. The maximum atomic E-state index is 11.8. The van der Waals surface area contributed by atoms with Crippen LogP contribution in [0.3, 0.4) is 0 Å². The molecule has 1 N–H and O–H groups in total. The first kappa shape index (κ1) is 15.0. The topological polar surface area (TPSA) is 41.5 Å². The van der Waals surface area contributed by atoms with E-state index in [2.05, 4.69) is 26.5 Å². The van der Waals surface area contributed by atoms with Gasteiger partial charge >= 0.3 is 0 Å². The van der Waals surface area contributed by atoms with E-state index < -0.39 is 0 Å². The Balaban J connectivity index is 2.01. The number of nitrogens with zero attached hydrogens (tertiary/aromatic N) is 1. The summed E-state index contributed by atoms with van der Waals surface area (Å²) < 4.78 is 0.981. The van der Waals surface area contributed by atoms with Gasteiger partial charge in [-0.1, -0.05) is 51.3 Å². The maximum Gasteiger partial charge on any atom is 0.271 e. The summed E-state index contributed by atoms with van der Waals surface area (Å²) in [5, 5.41) is 4.62. The Labute approximate surface area is 134 Å². The summed E-state index contributed by atoms with van der Waals surface area (Å²) in [6.45, 7) is 0. The molecule has 0 fully saturated rings. The third-order valence-corrected chi connectivity index (χ3v) is 3.70. The molecular formula is C14H9BrCl2N2O. The Hall–Kier alpha value is -1.36. The van der Waals surface area contributed by atoms with E-state index in [1.807, 2.05) is 24.3 Å². The van der Waals surface area contributed by atoms with Crippen LogP contribution in [0.4, 0.5) is 0 Å². The third-order valence-electron chi connectivity index (χ3n) is 2.43. The summed E-state index contributed by atoms with van der Waals surface area (Å²) >= 11 is 15.0. The molecule has 0 atom stereocenters. The second-order valence-corrected chi connectivity index (χ2v) is 5.61. The molecule has 20 heavy (non-hydrogen) atoms. The number of hydrogen-bond donors (Lipinski definition) is 1. The van der Waals surface area contributed by atoms with Crippen LogP contribution < -0.4 is 5.43 Å². The molecular weight excluding hydrogens is 363 g/mol. The minimum absolute atomic E-state index is 0.330. The van der Waals surface area contributed by atoms with E-state index in [4.69, 9.17) is 23.2 Å². The monoisotopic (exact) mass is 370 g/mol. The van der Waals surface area contributed by atoms with Crippen molar-refractivity contribution >= 4 is 51.3 Å². The first-order valence-corrected chi connectivity index (χ1v) is 7.15. The van der Waals surface area contributed by atoms with Crippen molar-refractivity contribution in [1.82, 2.24) is 5.43 Å². The van der Waals surface area contributed by atoms with Crippen LogP contribution in [-0.2, 0) is 0 Å². The SMILES string of the molecule is O=C(N/N=C\c1ccc(Br)cc1)c1ccc(Cl)c(Cl)c1. The fourth-order valence-electron chi connectivity index (χ4n) is 1.42. The van der Waals surface area contributed by atoms with Crippen molar-refractivity contribution in [3.05, 3.63) is 68.1 Å². The molecule has 0 aliphatic rings. The normalized spacial score (nSPS) is 10.8. The van der Waals surface area contributed by atoms with Crippen molar-refractivity contribution in [2.24, 2.45) is 5.10 Å². The van der Waals surface area contributed by atoms with Crippen LogP contribution in [0.25, 0.3) is 0 Å². The van der Waals surface area contributed by atoms with E-state index in [1.165, 1.54) is 6.07 Å². The fraction of sp³-hybridized carbons (Fsp3) is 0. The molecule has 102 valence electrons. The first-order chi connectivity index (χ1) is 9.56. The van der Waals surface area contributed by atoms with Crippen molar-refractivity contribution in [3.63, 3.8) is 0 Å². The molecule has 0 aliphatic heterocycles. The number of hydrogen-bond acceptors (Lipinski definition) is 2. The zero-order valence-corrected chi connectivity index (χ0v) is 13.2. The second kappa shape index (κ2) is 6.88. The van der Waals surface area contributed by atoms with Gasteiger partial charge in [-0.25, -0.2) is 5.43 Å². The van der Waals surface area contributed by atoms with Gasteiger partial charge in [-0.05, 0) is 35.9 Å². The molecule has 0 spiro atoms. The van der Waals surface area contributed by atoms with Crippen molar-refractivity contribution in [2.45, 2.75) is 0 Å². The minimum atomic E-state index is -0.350. The Morgan fingerprint density at radius 2 is 1.80 bits per heavy atom. The van der Waals surface area contributed by atoms with Gasteiger partial charge in [-0.15, -0.1) is 0 Å². The average molecular weight is 372 g/mol. The van der Waals surface area contributed by atoms with E-state index in [1.54, 1.807) is 18.3 Å². The summed E-state index contributed by atoms with van der Waals surface area (Å²) in [7, 11) is 0. The minimum Gasteiger partial charge on any atom is -0.267 e. The van der Waals surface area contributed by atoms with Crippen LogP contribution in [0, 0.1) is 0 Å². The highest BCUT2D eigenvalue weighted by atomic mass is 79.9. The molecule has 0 aliphatic carbocycles. The standard InChI is InChI=1S/C14H9BrCl2N2O/c15-11-4-1-9(2-5-11)8-18-19-14(20)10-3-6-12(16)13(17)7-10/h1-8H,(H,19,20)/b18-8-. The average Bonchev–Trinajstić information content (AvgIpc) is 2.44. The van der Waals surface area contributed by atoms with Gasteiger partial charge in [0.1, 0.15) is 0 Å². The summed E-state index contributed by atoms with van der Waals surface area (Å²) in [4.78, 5) is 11.8. The lowest BCUT2D eigenvalue weighted by molar-refractivity contribution is 0.0955. The number of nitrogens with one attached hydrogen (secondary N) is 1. The number of halogens is 3. The molecule has 0 heterocycles. The van der Waals surface area contributed by atoms with E-state index >= 15 is 0 Å². The Morgan fingerprint density at radius 1 is 1.10 bits per heavy atom.